The van der Waals surface area contributed by atoms with Crippen LogP contribution in [-0.4, -0.2) is 18.1 Å². The first kappa shape index (κ1) is 13.0. The van der Waals surface area contributed by atoms with Crippen LogP contribution < -0.4 is 10.6 Å². The van der Waals surface area contributed by atoms with Crippen LogP contribution in [0.5, 0.6) is 0 Å². The molecule has 1 rings (SSSR count). The highest BCUT2D eigenvalue weighted by Gasteiger charge is 2.12. The smallest absolute Gasteiger partial charge is 0.133 e. The van der Waals surface area contributed by atoms with Gasteiger partial charge in [-0.3, -0.25) is 0 Å². The molecule has 1 aromatic heterocycles. The van der Waals surface area contributed by atoms with E-state index in [0.717, 1.165) is 24.5 Å². The lowest BCUT2D eigenvalue weighted by Gasteiger charge is -2.25. The Balaban J connectivity index is 2.90. The first-order valence-corrected chi connectivity index (χ1v) is 6.16. The van der Waals surface area contributed by atoms with Gasteiger partial charge >= 0.3 is 0 Å². The molecule has 0 amide bonds. The summed E-state index contributed by atoms with van der Waals surface area (Å²) in [5.74, 6) is 1.05. The predicted molar refractivity (Wildman–Crippen MR) is 69.6 cm³/mol. The zero-order valence-electron chi connectivity index (χ0n) is 10.6. The van der Waals surface area contributed by atoms with E-state index in [-0.39, 0.29) is 6.04 Å². The molecule has 1 aromatic rings. The maximum atomic E-state index is 5.97. The number of nitrogens with zero attached hydrogens (tertiary/aromatic N) is 2. The Bertz CT molecular complexity index is 310. The van der Waals surface area contributed by atoms with E-state index in [1.165, 1.54) is 12.8 Å². The molecule has 0 saturated heterocycles. The van der Waals surface area contributed by atoms with E-state index < -0.39 is 0 Å². The highest BCUT2D eigenvalue weighted by molar-refractivity contribution is 5.48. The van der Waals surface area contributed by atoms with Gasteiger partial charge in [0.2, 0.25) is 0 Å². The third kappa shape index (κ3) is 3.20. The van der Waals surface area contributed by atoms with Gasteiger partial charge in [0, 0.05) is 30.9 Å². The van der Waals surface area contributed by atoms with E-state index in [1.807, 2.05) is 19.2 Å². The second kappa shape index (κ2) is 6.48. The van der Waals surface area contributed by atoms with Gasteiger partial charge in [0.15, 0.2) is 0 Å². The Morgan fingerprint density at radius 2 is 2.19 bits per heavy atom. The van der Waals surface area contributed by atoms with Crippen molar-refractivity contribution in [3.05, 3.63) is 23.9 Å². The highest BCUT2D eigenvalue weighted by Crippen LogP contribution is 2.22. The molecule has 1 heterocycles. The molecule has 0 spiro atoms. The van der Waals surface area contributed by atoms with Crippen molar-refractivity contribution in [2.75, 3.05) is 18.0 Å². The van der Waals surface area contributed by atoms with Crippen LogP contribution in [0.3, 0.4) is 0 Å². The van der Waals surface area contributed by atoms with Gasteiger partial charge < -0.3 is 10.6 Å². The lowest BCUT2D eigenvalue weighted by atomic mass is 10.1. The van der Waals surface area contributed by atoms with Crippen LogP contribution in [-0.2, 0) is 0 Å². The van der Waals surface area contributed by atoms with Crippen LogP contribution in [0.2, 0.25) is 0 Å². The summed E-state index contributed by atoms with van der Waals surface area (Å²) in [5.41, 5.74) is 7.11. The van der Waals surface area contributed by atoms with Crippen molar-refractivity contribution in [1.29, 1.82) is 0 Å². The predicted octanol–water partition coefficient (Wildman–Crippen LogP) is 2.73. The van der Waals surface area contributed by atoms with Crippen LogP contribution in [0.1, 0.15) is 45.2 Å². The molecule has 0 aliphatic heterocycles. The van der Waals surface area contributed by atoms with Crippen LogP contribution in [0.15, 0.2) is 18.3 Å². The fraction of sp³-hybridized carbons (Fsp3) is 0.615. The van der Waals surface area contributed by atoms with Crippen LogP contribution in [0.4, 0.5) is 5.82 Å². The minimum atomic E-state index is 0.0411. The summed E-state index contributed by atoms with van der Waals surface area (Å²) < 4.78 is 0. The average Bonchev–Trinajstić information content (AvgIpc) is 2.30. The molecule has 0 radical (unpaired) electrons. The van der Waals surface area contributed by atoms with E-state index in [9.17, 15) is 0 Å². The molecule has 0 unspecified atom stereocenters. The number of rotatable bonds is 6. The summed E-state index contributed by atoms with van der Waals surface area (Å²) in [6, 6.07) is 4.07. The zero-order valence-corrected chi connectivity index (χ0v) is 10.6. The molecule has 3 nitrogen and oxygen atoms in total. The maximum Gasteiger partial charge on any atom is 0.133 e. The number of unbranched alkanes of at least 4 members (excludes halogenated alkanes) is 1. The van der Waals surface area contributed by atoms with Crippen LogP contribution in [0.25, 0.3) is 0 Å². The first-order valence-electron chi connectivity index (χ1n) is 6.16. The number of hydrogen-bond donors (Lipinski definition) is 1. The van der Waals surface area contributed by atoms with Gasteiger partial charge in [0.25, 0.3) is 0 Å². The highest BCUT2D eigenvalue weighted by atomic mass is 15.2. The summed E-state index contributed by atoms with van der Waals surface area (Å²) in [7, 11) is 0. The Morgan fingerprint density at radius 3 is 2.75 bits per heavy atom. The monoisotopic (exact) mass is 221 g/mol. The van der Waals surface area contributed by atoms with Gasteiger partial charge in [0.05, 0.1) is 0 Å². The average molecular weight is 221 g/mol. The summed E-state index contributed by atoms with van der Waals surface area (Å²) >= 11 is 0. The van der Waals surface area contributed by atoms with Crippen molar-refractivity contribution >= 4 is 5.82 Å². The SMILES string of the molecule is CCCCN(CC)c1ncccc1[C@@H](C)N. The standard InChI is InChI=1S/C13H23N3/c1-4-6-10-16(5-2)13-12(11(3)14)8-7-9-15-13/h7-9,11H,4-6,10,14H2,1-3H3/t11-/m1/s1. The van der Waals surface area contributed by atoms with E-state index in [2.05, 4.69) is 29.8 Å². The molecule has 2 N–H and O–H groups in total. The van der Waals surface area contributed by atoms with Gasteiger partial charge in [-0.05, 0) is 26.3 Å². The van der Waals surface area contributed by atoms with Gasteiger partial charge in [-0.2, -0.15) is 0 Å². The second-order valence-electron chi connectivity index (χ2n) is 4.14. The molecule has 0 saturated carbocycles. The maximum absolute atomic E-state index is 5.97. The molecule has 3 heteroatoms. The minimum Gasteiger partial charge on any atom is -0.357 e. The Labute approximate surface area is 98.7 Å². The Hall–Kier alpha value is -1.09. The summed E-state index contributed by atoms with van der Waals surface area (Å²) in [5, 5.41) is 0. The topological polar surface area (TPSA) is 42.2 Å². The van der Waals surface area contributed by atoms with Crippen LogP contribution >= 0.6 is 0 Å². The van der Waals surface area contributed by atoms with Gasteiger partial charge in [-0.1, -0.05) is 19.4 Å². The zero-order chi connectivity index (χ0) is 12.0. The fourth-order valence-electron chi connectivity index (χ4n) is 1.79. The number of hydrogen-bond acceptors (Lipinski definition) is 3. The summed E-state index contributed by atoms with van der Waals surface area (Å²) in [4.78, 5) is 6.78. The lowest BCUT2D eigenvalue weighted by molar-refractivity contribution is 0.709. The Kier molecular flexibility index (Phi) is 5.26. The second-order valence-corrected chi connectivity index (χ2v) is 4.14. The normalized spacial score (nSPS) is 12.5. The molecule has 0 fully saturated rings. The molecular formula is C13H23N3. The number of anilines is 1. The number of nitrogens with two attached hydrogens (primary N) is 1. The molecule has 1 atom stereocenters. The molecule has 90 valence electrons. The molecule has 0 bridgehead atoms. The third-order valence-corrected chi connectivity index (χ3v) is 2.77. The van der Waals surface area contributed by atoms with Gasteiger partial charge in [-0.25, -0.2) is 4.98 Å². The van der Waals surface area contributed by atoms with Crippen molar-refractivity contribution in [2.24, 2.45) is 5.73 Å². The third-order valence-electron chi connectivity index (χ3n) is 2.77. The van der Waals surface area contributed by atoms with E-state index >= 15 is 0 Å². The first-order chi connectivity index (χ1) is 7.70. The van der Waals surface area contributed by atoms with Crippen molar-refractivity contribution in [3.63, 3.8) is 0 Å². The lowest BCUT2D eigenvalue weighted by Crippen LogP contribution is -2.27. The molecule has 0 aromatic carbocycles. The largest absolute Gasteiger partial charge is 0.357 e. The molecule has 0 aliphatic rings. The summed E-state index contributed by atoms with van der Waals surface area (Å²) in [6.07, 6.45) is 4.25. The minimum absolute atomic E-state index is 0.0411. The Morgan fingerprint density at radius 1 is 1.44 bits per heavy atom. The fourth-order valence-corrected chi connectivity index (χ4v) is 1.79. The van der Waals surface area contributed by atoms with Crippen LogP contribution in [0, 0.1) is 0 Å². The van der Waals surface area contributed by atoms with Gasteiger partial charge in [-0.15, -0.1) is 0 Å². The summed E-state index contributed by atoms with van der Waals surface area (Å²) in [6.45, 7) is 8.42. The van der Waals surface area contributed by atoms with E-state index in [4.69, 9.17) is 5.73 Å². The van der Waals surface area contributed by atoms with Crippen molar-refractivity contribution < 1.29 is 0 Å². The molecular weight excluding hydrogens is 198 g/mol. The molecule has 16 heavy (non-hydrogen) atoms. The van der Waals surface area contributed by atoms with E-state index in [1.54, 1.807) is 0 Å². The quantitative estimate of drug-likeness (QED) is 0.803. The molecule has 0 aliphatic carbocycles. The van der Waals surface area contributed by atoms with Crippen molar-refractivity contribution in [3.8, 4) is 0 Å². The van der Waals surface area contributed by atoms with Gasteiger partial charge in [0.1, 0.15) is 5.82 Å². The number of pyridine rings is 1. The number of aromatic nitrogens is 1. The van der Waals surface area contributed by atoms with Crippen molar-refractivity contribution in [1.82, 2.24) is 4.98 Å². The van der Waals surface area contributed by atoms with Crippen molar-refractivity contribution in [2.45, 2.75) is 39.7 Å². The van der Waals surface area contributed by atoms with E-state index in [0.29, 0.717) is 0 Å².